The molecule has 0 aliphatic heterocycles. The van der Waals surface area contributed by atoms with Crippen LogP contribution in [0.25, 0.3) is 0 Å². The number of Topliss-reactive ketones (excluding diaryl/α,β-unsaturated/α-hetero) is 4. The lowest BCUT2D eigenvalue weighted by Crippen LogP contribution is -2.77. The van der Waals surface area contributed by atoms with Gasteiger partial charge in [-0.25, -0.2) is 0 Å². The fourth-order valence-corrected chi connectivity index (χ4v) is 7.40. The van der Waals surface area contributed by atoms with Gasteiger partial charge in [-0.2, -0.15) is 0 Å². The SMILES string of the molecule is CC(=O)OCCCC(C)(C)c1ccc2c(c1O)C(=O)C1C(=O)[C@]3(O)C(=O)C(C(N)=O)C(=O)[C@@H](N(C)C)[C@@H]3[C@@H](O)[C@@H]1[C@H]2C. The summed E-state index contributed by atoms with van der Waals surface area (Å²) in [5.74, 6) is -14.0. The van der Waals surface area contributed by atoms with E-state index in [0.717, 1.165) is 0 Å². The average molecular weight is 587 g/mol. The van der Waals surface area contributed by atoms with Crippen LogP contribution in [0.2, 0.25) is 0 Å². The largest absolute Gasteiger partial charge is 0.507 e. The summed E-state index contributed by atoms with van der Waals surface area (Å²) < 4.78 is 5.00. The second-order valence-corrected chi connectivity index (χ2v) is 12.6. The molecule has 2 unspecified atom stereocenters. The Morgan fingerprint density at radius 1 is 1.12 bits per heavy atom. The van der Waals surface area contributed by atoms with Crippen LogP contribution in [0.3, 0.4) is 0 Å². The highest BCUT2D eigenvalue weighted by molar-refractivity contribution is 6.32. The number of carbonyl (C=O) groups is 6. The third-order valence-electron chi connectivity index (χ3n) is 9.47. The summed E-state index contributed by atoms with van der Waals surface area (Å²) >= 11 is 0. The van der Waals surface area contributed by atoms with Crippen LogP contribution >= 0.6 is 0 Å². The van der Waals surface area contributed by atoms with E-state index in [1.54, 1.807) is 19.1 Å². The number of ether oxygens (including phenoxy) is 1. The Labute approximate surface area is 243 Å². The molecule has 3 aliphatic carbocycles. The lowest BCUT2D eigenvalue weighted by Gasteiger charge is -2.56. The predicted molar refractivity (Wildman–Crippen MR) is 146 cm³/mol. The lowest BCUT2D eigenvalue weighted by molar-refractivity contribution is -0.196. The number of fused-ring (bicyclic) bond motifs is 3. The number of aliphatic hydroxyl groups excluding tert-OH is 1. The Morgan fingerprint density at radius 2 is 1.74 bits per heavy atom. The monoisotopic (exact) mass is 586 g/mol. The Kier molecular flexibility index (Phi) is 7.98. The number of aromatic hydroxyl groups is 1. The summed E-state index contributed by atoms with van der Waals surface area (Å²) in [5, 5.41) is 34.9. The zero-order valence-electron chi connectivity index (χ0n) is 24.5. The smallest absolute Gasteiger partial charge is 0.302 e. The number of amides is 1. The van der Waals surface area contributed by atoms with Crippen LogP contribution in [0.1, 0.15) is 67.9 Å². The van der Waals surface area contributed by atoms with E-state index >= 15 is 0 Å². The van der Waals surface area contributed by atoms with Gasteiger partial charge in [0.2, 0.25) is 5.91 Å². The Morgan fingerprint density at radius 3 is 2.29 bits per heavy atom. The van der Waals surface area contributed by atoms with Crippen molar-refractivity contribution in [2.24, 2.45) is 29.4 Å². The van der Waals surface area contributed by atoms with Crippen molar-refractivity contribution in [3.8, 4) is 5.75 Å². The van der Waals surface area contributed by atoms with E-state index in [9.17, 15) is 44.1 Å². The van der Waals surface area contributed by atoms with Crippen LogP contribution in [-0.2, 0) is 34.1 Å². The molecule has 0 heterocycles. The van der Waals surface area contributed by atoms with Crippen LogP contribution in [0.4, 0.5) is 0 Å². The fourth-order valence-electron chi connectivity index (χ4n) is 7.40. The van der Waals surface area contributed by atoms with E-state index in [1.807, 2.05) is 13.8 Å². The predicted octanol–water partition coefficient (Wildman–Crippen LogP) is 0.0197. The van der Waals surface area contributed by atoms with Crippen molar-refractivity contribution in [3.05, 3.63) is 28.8 Å². The highest BCUT2D eigenvalue weighted by atomic mass is 16.5. The molecule has 2 fully saturated rings. The minimum absolute atomic E-state index is 0.146. The highest BCUT2D eigenvalue weighted by Gasteiger charge is 2.72. The topological polar surface area (TPSA) is 202 Å². The molecule has 8 atom stereocenters. The van der Waals surface area contributed by atoms with Gasteiger partial charge in [0, 0.05) is 18.4 Å². The number of hydrogen-bond donors (Lipinski definition) is 4. The molecule has 0 aromatic heterocycles. The molecule has 5 N–H and O–H groups in total. The molecule has 0 bridgehead atoms. The second-order valence-electron chi connectivity index (χ2n) is 12.6. The molecule has 3 aliphatic rings. The van der Waals surface area contributed by atoms with Gasteiger partial charge in [0.1, 0.15) is 5.75 Å². The van der Waals surface area contributed by atoms with Gasteiger partial charge in [-0.3, -0.25) is 33.7 Å². The van der Waals surface area contributed by atoms with Crippen LogP contribution in [0.15, 0.2) is 12.1 Å². The Bertz CT molecular complexity index is 1380. The molecule has 12 heteroatoms. The Hall–Kier alpha value is -3.48. The summed E-state index contributed by atoms with van der Waals surface area (Å²) in [7, 11) is 2.89. The number of nitrogens with two attached hydrogens (primary N) is 1. The molecular formula is C30H38N2O10. The first kappa shape index (κ1) is 31.5. The van der Waals surface area contributed by atoms with Crippen molar-refractivity contribution in [2.45, 2.75) is 69.6 Å². The van der Waals surface area contributed by atoms with Gasteiger partial charge in [-0.1, -0.05) is 32.9 Å². The van der Waals surface area contributed by atoms with Crippen molar-refractivity contribution in [3.63, 3.8) is 0 Å². The number of phenolic OH excluding ortho intramolecular Hbond substituents is 1. The number of esters is 1. The molecule has 0 spiro atoms. The highest BCUT2D eigenvalue weighted by Crippen LogP contribution is 2.55. The number of phenols is 1. The quantitative estimate of drug-likeness (QED) is 0.191. The maximum absolute atomic E-state index is 14.1. The number of primary amides is 1. The van der Waals surface area contributed by atoms with E-state index in [4.69, 9.17) is 10.5 Å². The summed E-state index contributed by atoms with van der Waals surface area (Å²) in [4.78, 5) is 79.5. The van der Waals surface area contributed by atoms with E-state index in [0.29, 0.717) is 24.0 Å². The molecule has 42 heavy (non-hydrogen) atoms. The number of likely N-dealkylation sites (N-methyl/N-ethyl adjacent to an activating group) is 1. The van der Waals surface area contributed by atoms with Crippen molar-refractivity contribution >= 4 is 35.0 Å². The minimum Gasteiger partial charge on any atom is -0.507 e. The molecule has 4 rings (SSSR count). The third kappa shape index (κ3) is 4.47. The molecule has 2 saturated carbocycles. The van der Waals surface area contributed by atoms with Gasteiger partial charge < -0.3 is 25.8 Å². The summed E-state index contributed by atoms with van der Waals surface area (Å²) in [6, 6.07) is 1.90. The second kappa shape index (κ2) is 10.7. The zero-order valence-corrected chi connectivity index (χ0v) is 24.5. The fraction of sp³-hybridized carbons (Fsp3) is 0.600. The number of nitrogens with zero attached hydrogens (tertiary/aromatic N) is 1. The molecule has 1 amide bonds. The van der Waals surface area contributed by atoms with Crippen molar-refractivity contribution in [1.29, 1.82) is 0 Å². The maximum Gasteiger partial charge on any atom is 0.302 e. The van der Waals surface area contributed by atoms with Crippen molar-refractivity contribution in [1.82, 2.24) is 4.90 Å². The number of rotatable bonds is 7. The molecule has 0 radical (unpaired) electrons. The molecule has 1 aromatic rings. The standard InChI is InChI=1S/C30H38N2O10/c1-12-14-8-9-15(29(3,4)10-7-11-42-13(2)33)22(34)17(14)23(35)18-16(12)24(36)20-21(32(5)6)25(37)19(28(31)40)27(39)30(20,41)26(18)38/h8-9,12,16,18-21,24,34,36,41H,7,10-11H2,1-6H3,(H2,31,40)/t12-,16+,18?,19?,20+,21-,24-,30-/m0/s1. The van der Waals surface area contributed by atoms with Crippen LogP contribution < -0.4 is 5.73 Å². The molecule has 1 aromatic carbocycles. The minimum atomic E-state index is -3.04. The van der Waals surface area contributed by atoms with E-state index in [-0.39, 0.29) is 17.9 Å². The van der Waals surface area contributed by atoms with Gasteiger partial charge in [0.05, 0.1) is 36.2 Å². The van der Waals surface area contributed by atoms with Crippen LogP contribution in [0, 0.1) is 23.7 Å². The number of ketones is 4. The molecule has 0 saturated heterocycles. The first-order chi connectivity index (χ1) is 19.4. The first-order valence-electron chi connectivity index (χ1n) is 13.9. The molecule has 12 nitrogen and oxygen atoms in total. The molecular weight excluding hydrogens is 548 g/mol. The van der Waals surface area contributed by atoms with Gasteiger partial charge >= 0.3 is 5.97 Å². The van der Waals surface area contributed by atoms with Crippen molar-refractivity contribution < 1.29 is 48.8 Å². The number of hydrogen-bond acceptors (Lipinski definition) is 11. The van der Waals surface area contributed by atoms with E-state index in [2.05, 4.69) is 0 Å². The van der Waals surface area contributed by atoms with Gasteiger partial charge in [-0.05, 0) is 43.8 Å². The van der Waals surface area contributed by atoms with Crippen LogP contribution in [-0.4, -0.2) is 93.7 Å². The number of carbonyl (C=O) groups excluding carboxylic acids is 6. The normalized spacial score (nSPS) is 32.7. The zero-order chi connectivity index (χ0) is 31.6. The number of aliphatic hydroxyl groups is 2. The van der Waals surface area contributed by atoms with Crippen LogP contribution in [0.5, 0.6) is 5.75 Å². The first-order valence-corrected chi connectivity index (χ1v) is 13.9. The number of benzene rings is 1. The van der Waals surface area contributed by atoms with Gasteiger partial charge in [0.25, 0.3) is 0 Å². The van der Waals surface area contributed by atoms with Crippen molar-refractivity contribution in [2.75, 3.05) is 20.7 Å². The molecule has 228 valence electrons. The van der Waals surface area contributed by atoms with Gasteiger partial charge in [0.15, 0.2) is 34.7 Å². The summed E-state index contributed by atoms with van der Waals surface area (Å²) in [5.41, 5.74) is 2.25. The lowest BCUT2D eigenvalue weighted by atomic mass is 9.49. The van der Waals surface area contributed by atoms with E-state index in [1.165, 1.54) is 25.9 Å². The average Bonchev–Trinajstić information content (AvgIpc) is 2.88. The van der Waals surface area contributed by atoms with E-state index < -0.39 is 87.8 Å². The third-order valence-corrected chi connectivity index (χ3v) is 9.47. The summed E-state index contributed by atoms with van der Waals surface area (Å²) in [6.45, 7) is 6.82. The summed E-state index contributed by atoms with van der Waals surface area (Å²) in [6.07, 6.45) is -0.727. The maximum atomic E-state index is 14.1. The van der Waals surface area contributed by atoms with Gasteiger partial charge in [-0.15, -0.1) is 0 Å². The Balaban J connectivity index is 1.82.